The molecule has 0 aromatic carbocycles. The Hall–Kier alpha value is -0.870. The van der Waals surface area contributed by atoms with E-state index in [2.05, 4.69) is 10.2 Å². The summed E-state index contributed by atoms with van der Waals surface area (Å²) in [6, 6.07) is -0.196. The van der Waals surface area contributed by atoms with Crippen molar-refractivity contribution in [2.24, 2.45) is 0 Å². The zero-order valence-corrected chi connectivity index (χ0v) is 15.0. The van der Waals surface area contributed by atoms with Crippen molar-refractivity contribution in [3.8, 4) is 0 Å². The summed E-state index contributed by atoms with van der Waals surface area (Å²) in [4.78, 5) is 14.3. The molecular formula is C12H20N4O3S3. The number of thioether (sulfide) groups is 1. The number of nitrogens with two attached hydrogens (primary N) is 1. The molecule has 2 N–H and O–H groups in total. The summed E-state index contributed by atoms with van der Waals surface area (Å²) >= 11 is 2.53. The van der Waals surface area contributed by atoms with Crippen molar-refractivity contribution in [3.05, 3.63) is 0 Å². The largest absolute Gasteiger partial charge is 0.374 e. The molecule has 2 unspecified atom stereocenters. The lowest BCUT2D eigenvalue weighted by Gasteiger charge is -2.33. The van der Waals surface area contributed by atoms with E-state index in [0.717, 1.165) is 6.42 Å². The van der Waals surface area contributed by atoms with E-state index < -0.39 is 9.84 Å². The van der Waals surface area contributed by atoms with E-state index in [1.165, 1.54) is 23.1 Å². The highest BCUT2D eigenvalue weighted by molar-refractivity contribution is 8.01. The van der Waals surface area contributed by atoms with Gasteiger partial charge in [-0.3, -0.25) is 4.79 Å². The molecule has 1 aromatic heterocycles. The van der Waals surface area contributed by atoms with Gasteiger partial charge in [0.1, 0.15) is 0 Å². The van der Waals surface area contributed by atoms with Crippen molar-refractivity contribution >= 4 is 44.0 Å². The van der Waals surface area contributed by atoms with Crippen molar-refractivity contribution in [1.29, 1.82) is 0 Å². The highest BCUT2D eigenvalue weighted by Crippen LogP contribution is 2.26. The first-order valence-corrected chi connectivity index (χ1v) is 10.7. The van der Waals surface area contributed by atoms with Crippen LogP contribution in [0.3, 0.4) is 0 Å². The number of aromatic nitrogens is 2. The van der Waals surface area contributed by atoms with Gasteiger partial charge in [0, 0.05) is 12.1 Å². The van der Waals surface area contributed by atoms with Gasteiger partial charge < -0.3 is 10.6 Å². The smallest absolute Gasteiger partial charge is 0.233 e. The third kappa shape index (κ3) is 4.32. The number of hydrogen-bond donors (Lipinski definition) is 1. The van der Waals surface area contributed by atoms with E-state index in [1.807, 2.05) is 13.8 Å². The minimum atomic E-state index is -3.02. The number of amides is 1. The average Bonchev–Trinajstić information content (AvgIpc) is 3.02. The normalized spacial score (nSPS) is 21.6. The Morgan fingerprint density at radius 3 is 2.77 bits per heavy atom. The molecular weight excluding hydrogens is 344 g/mol. The molecule has 124 valence electrons. The molecule has 2 heterocycles. The van der Waals surface area contributed by atoms with Gasteiger partial charge in [-0.05, 0) is 19.8 Å². The number of anilines is 1. The van der Waals surface area contributed by atoms with Crippen molar-refractivity contribution in [1.82, 2.24) is 15.1 Å². The fourth-order valence-electron chi connectivity index (χ4n) is 2.48. The molecule has 0 spiro atoms. The Morgan fingerprint density at radius 2 is 2.27 bits per heavy atom. The first kappa shape index (κ1) is 17.5. The number of sulfone groups is 1. The van der Waals surface area contributed by atoms with E-state index in [9.17, 15) is 13.2 Å². The van der Waals surface area contributed by atoms with Crippen molar-refractivity contribution in [3.63, 3.8) is 0 Å². The van der Waals surface area contributed by atoms with Crippen molar-refractivity contribution in [2.45, 2.75) is 43.1 Å². The molecule has 1 amide bonds. The fraction of sp³-hybridized carbons (Fsp3) is 0.750. The van der Waals surface area contributed by atoms with Gasteiger partial charge in [-0.25, -0.2) is 8.42 Å². The predicted octanol–water partition coefficient (Wildman–Crippen LogP) is 1.03. The number of carbonyl (C=O) groups is 1. The number of carbonyl (C=O) groups excluding carboxylic acids is 1. The van der Waals surface area contributed by atoms with Crippen molar-refractivity contribution < 1.29 is 13.2 Å². The van der Waals surface area contributed by atoms with E-state index in [4.69, 9.17) is 5.73 Å². The minimum absolute atomic E-state index is 0.0193. The number of nitrogens with zero attached hydrogens (tertiary/aromatic N) is 3. The van der Waals surface area contributed by atoms with Crippen molar-refractivity contribution in [2.75, 3.05) is 23.0 Å². The van der Waals surface area contributed by atoms with Crippen LogP contribution < -0.4 is 5.73 Å². The number of nitrogen functional groups attached to an aromatic ring is 1. The minimum Gasteiger partial charge on any atom is -0.374 e. The summed E-state index contributed by atoms with van der Waals surface area (Å²) in [7, 11) is -3.02. The van der Waals surface area contributed by atoms with E-state index in [1.54, 1.807) is 4.90 Å². The Morgan fingerprint density at radius 1 is 1.55 bits per heavy atom. The monoisotopic (exact) mass is 364 g/mol. The van der Waals surface area contributed by atoms with Crippen LogP contribution in [0.2, 0.25) is 0 Å². The number of rotatable bonds is 6. The maximum absolute atomic E-state index is 12.6. The zero-order valence-electron chi connectivity index (χ0n) is 12.6. The SMILES string of the molecule is CCC(C)N(C(=O)CSc1nnc(N)s1)C1CCS(=O)(=O)C1. The summed E-state index contributed by atoms with van der Waals surface area (Å²) in [5.41, 5.74) is 5.51. The maximum atomic E-state index is 12.6. The molecule has 0 aliphatic carbocycles. The van der Waals surface area contributed by atoms with Crippen LogP contribution in [-0.2, 0) is 14.6 Å². The highest BCUT2D eigenvalue weighted by Gasteiger charge is 2.36. The summed E-state index contributed by atoms with van der Waals surface area (Å²) in [6.45, 7) is 3.95. The first-order valence-electron chi connectivity index (χ1n) is 7.05. The van der Waals surface area contributed by atoms with Gasteiger partial charge in [0.25, 0.3) is 0 Å². The quantitative estimate of drug-likeness (QED) is 0.751. The summed E-state index contributed by atoms with van der Waals surface area (Å²) in [6.07, 6.45) is 1.31. The molecule has 22 heavy (non-hydrogen) atoms. The molecule has 0 bridgehead atoms. The van der Waals surface area contributed by atoms with Crippen LogP contribution in [0.1, 0.15) is 26.7 Å². The van der Waals surface area contributed by atoms with Gasteiger partial charge in [0.15, 0.2) is 14.2 Å². The lowest BCUT2D eigenvalue weighted by molar-refractivity contribution is -0.132. The molecule has 2 rings (SSSR count). The lowest BCUT2D eigenvalue weighted by atomic mass is 10.1. The number of hydrogen-bond acceptors (Lipinski definition) is 8. The molecule has 1 aliphatic rings. The third-order valence-electron chi connectivity index (χ3n) is 3.70. The molecule has 1 saturated heterocycles. The standard InChI is InChI=1S/C12H20N4O3S3/c1-3-8(2)16(9-4-5-22(18,19)7-9)10(17)6-20-12-15-14-11(13)21-12/h8-9H,3-7H2,1-2H3,(H2,13,14). The lowest BCUT2D eigenvalue weighted by Crippen LogP contribution is -2.47. The maximum Gasteiger partial charge on any atom is 0.233 e. The van der Waals surface area contributed by atoms with Crippen LogP contribution in [0.25, 0.3) is 0 Å². The van der Waals surface area contributed by atoms with E-state index >= 15 is 0 Å². The molecule has 1 aromatic rings. The van der Waals surface area contributed by atoms with Gasteiger partial charge in [0.05, 0.1) is 17.3 Å². The Labute approximate surface area is 138 Å². The van der Waals surface area contributed by atoms with Crippen LogP contribution in [0.5, 0.6) is 0 Å². The Bertz CT molecular complexity index is 631. The molecule has 1 aliphatic heterocycles. The van der Waals surface area contributed by atoms with Crippen LogP contribution in [0, 0.1) is 0 Å². The predicted molar refractivity (Wildman–Crippen MR) is 88.7 cm³/mol. The summed E-state index contributed by atoms with van der Waals surface area (Å²) < 4.78 is 24.0. The first-order chi connectivity index (χ1) is 10.3. The van der Waals surface area contributed by atoms with Gasteiger partial charge in [-0.2, -0.15) is 0 Å². The van der Waals surface area contributed by atoms with Crippen LogP contribution in [-0.4, -0.2) is 58.8 Å². The van der Waals surface area contributed by atoms with Crippen LogP contribution in [0.4, 0.5) is 5.13 Å². The van der Waals surface area contributed by atoms with Gasteiger partial charge in [0.2, 0.25) is 11.0 Å². The Kier molecular flexibility index (Phi) is 5.67. The van der Waals surface area contributed by atoms with Crippen LogP contribution >= 0.6 is 23.1 Å². The second kappa shape index (κ2) is 7.14. The molecule has 7 nitrogen and oxygen atoms in total. The molecule has 2 atom stereocenters. The van der Waals surface area contributed by atoms with Crippen LogP contribution in [0.15, 0.2) is 4.34 Å². The van der Waals surface area contributed by atoms with E-state index in [-0.39, 0.29) is 35.2 Å². The second-order valence-electron chi connectivity index (χ2n) is 5.31. The van der Waals surface area contributed by atoms with Gasteiger partial charge in [-0.15, -0.1) is 10.2 Å². The Balaban J connectivity index is 2.03. The van der Waals surface area contributed by atoms with E-state index in [0.29, 0.717) is 15.9 Å². The topological polar surface area (TPSA) is 106 Å². The second-order valence-corrected chi connectivity index (χ2v) is 9.77. The fourth-order valence-corrected chi connectivity index (χ4v) is 5.69. The molecule has 0 radical (unpaired) electrons. The highest BCUT2D eigenvalue weighted by atomic mass is 32.2. The average molecular weight is 365 g/mol. The molecule has 10 heteroatoms. The third-order valence-corrected chi connectivity index (χ3v) is 7.32. The molecule has 0 saturated carbocycles. The molecule has 1 fully saturated rings. The van der Waals surface area contributed by atoms with Gasteiger partial charge in [-0.1, -0.05) is 30.0 Å². The zero-order chi connectivity index (χ0) is 16.3. The summed E-state index contributed by atoms with van der Waals surface area (Å²) in [5.74, 6) is 0.391. The summed E-state index contributed by atoms with van der Waals surface area (Å²) in [5, 5.41) is 7.95. The van der Waals surface area contributed by atoms with Gasteiger partial charge >= 0.3 is 0 Å².